The number of benzene rings is 2. The van der Waals surface area contributed by atoms with E-state index < -0.39 is 29.7 Å². The fourth-order valence-corrected chi connectivity index (χ4v) is 2.14. The Balaban J connectivity index is 2.01. The summed E-state index contributed by atoms with van der Waals surface area (Å²) in [4.78, 5) is 35.3. The normalized spacial score (nSPS) is 12.2. The molecule has 0 bridgehead atoms. The Kier molecular flexibility index (Phi) is 5.99. The van der Waals surface area contributed by atoms with Gasteiger partial charge in [0.1, 0.15) is 0 Å². The lowest BCUT2D eigenvalue weighted by Crippen LogP contribution is -2.30. The van der Waals surface area contributed by atoms with Crippen LogP contribution in [0.1, 0.15) is 40.1 Å². The first kappa shape index (κ1) is 20.2. The quantitative estimate of drug-likeness (QED) is 0.627. The van der Waals surface area contributed by atoms with Crippen LogP contribution < -0.4 is 5.32 Å². The van der Waals surface area contributed by atoms with Crippen LogP contribution in [0.5, 0.6) is 0 Å². The molecule has 0 spiro atoms. The second kappa shape index (κ2) is 8.03. The van der Waals surface area contributed by atoms with Crippen molar-refractivity contribution in [2.45, 2.75) is 26.1 Å². The number of ether oxygens (including phenoxy) is 1. The number of nitrogens with one attached hydrogen (secondary N) is 1. The molecule has 1 amide bonds. The molecule has 0 aromatic heterocycles. The summed E-state index contributed by atoms with van der Waals surface area (Å²) in [6.07, 6.45) is -5.83. The molecule has 0 aliphatic rings. The second-order valence-corrected chi connectivity index (χ2v) is 5.75. The van der Waals surface area contributed by atoms with Gasteiger partial charge in [-0.25, -0.2) is 4.79 Å². The highest BCUT2D eigenvalue weighted by atomic mass is 19.4. The van der Waals surface area contributed by atoms with Crippen molar-refractivity contribution < 1.29 is 32.3 Å². The molecule has 5 nitrogen and oxygen atoms in total. The van der Waals surface area contributed by atoms with Gasteiger partial charge in [-0.1, -0.05) is 6.07 Å². The van der Waals surface area contributed by atoms with Gasteiger partial charge in [0.25, 0.3) is 5.91 Å². The fraction of sp³-hybridized carbons (Fsp3) is 0.211. The summed E-state index contributed by atoms with van der Waals surface area (Å²) in [5, 5.41) is 2.49. The highest BCUT2D eigenvalue weighted by molar-refractivity contribution is 5.98. The van der Waals surface area contributed by atoms with Gasteiger partial charge in [-0.3, -0.25) is 9.59 Å². The second-order valence-electron chi connectivity index (χ2n) is 5.75. The summed E-state index contributed by atoms with van der Waals surface area (Å²) in [6.45, 7) is 2.70. The molecule has 0 heterocycles. The summed E-state index contributed by atoms with van der Waals surface area (Å²) >= 11 is 0. The number of hydrogen-bond acceptors (Lipinski definition) is 4. The van der Waals surface area contributed by atoms with Crippen LogP contribution in [-0.4, -0.2) is 23.8 Å². The van der Waals surface area contributed by atoms with Crippen LogP contribution in [0.15, 0.2) is 48.5 Å². The van der Waals surface area contributed by atoms with E-state index in [0.717, 1.165) is 12.1 Å². The van der Waals surface area contributed by atoms with E-state index in [0.29, 0.717) is 17.3 Å². The van der Waals surface area contributed by atoms with E-state index in [1.54, 1.807) is 0 Å². The molecule has 0 unspecified atom stereocenters. The molecule has 2 rings (SSSR count). The van der Waals surface area contributed by atoms with Gasteiger partial charge in [0.2, 0.25) is 0 Å². The zero-order valence-corrected chi connectivity index (χ0v) is 14.5. The van der Waals surface area contributed by atoms with Crippen LogP contribution >= 0.6 is 0 Å². The molecule has 0 saturated heterocycles. The molecule has 2 aromatic carbocycles. The van der Waals surface area contributed by atoms with Gasteiger partial charge in [-0.2, -0.15) is 13.2 Å². The van der Waals surface area contributed by atoms with Crippen molar-refractivity contribution in [1.29, 1.82) is 0 Å². The fourth-order valence-electron chi connectivity index (χ4n) is 2.14. The number of ketones is 1. The Morgan fingerprint density at radius 2 is 1.63 bits per heavy atom. The minimum Gasteiger partial charge on any atom is -0.449 e. The van der Waals surface area contributed by atoms with E-state index >= 15 is 0 Å². The SMILES string of the molecule is CC(=O)c1ccc(NC(=O)[C@@H](C)OC(=O)c2cccc(C(F)(F)F)c2)cc1. The van der Waals surface area contributed by atoms with Crippen LogP contribution in [0.2, 0.25) is 0 Å². The van der Waals surface area contributed by atoms with Crippen molar-refractivity contribution in [3.05, 3.63) is 65.2 Å². The zero-order valence-electron chi connectivity index (χ0n) is 14.5. The molecule has 2 aromatic rings. The number of anilines is 1. The van der Waals surface area contributed by atoms with E-state index in [1.165, 1.54) is 44.2 Å². The van der Waals surface area contributed by atoms with Crippen molar-refractivity contribution in [2.24, 2.45) is 0 Å². The number of carbonyl (C=O) groups excluding carboxylic acids is 3. The molecule has 0 saturated carbocycles. The number of hydrogen-bond donors (Lipinski definition) is 1. The standard InChI is InChI=1S/C19H16F3NO4/c1-11(24)13-6-8-16(9-7-13)23-17(25)12(2)27-18(26)14-4-3-5-15(10-14)19(20,21)22/h3-10,12H,1-2H3,(H,23,25)/t12-/m1/s1. The van der Waals surface area contributed by atoms with Crippen molar-refractivity contribution in [3.63, 3.8) is 0 Å². The molecule has 0 aliphatic carbocycles. The third kappa shape index (κ3) is 5.40. The van der Waals surface area contributed by atoms with Crippen LogP contribution in [0.25, 0.3) is 0 Å². The summed E-state index contributed by atoms with van der Waals surface area (Å²) in [7, 11) is 0. The Morgan fingerprint density at radius 3 is 2.19 bits per heavy atom. The number of esters is 1. The van der Waals surface area contributed by atoms with E-state index in [-0.39, 0.29) is 11.3 Å². The predicted molar refractivity (Wildman–Crippen MR) is 91.4 cm³/mol. The maximum atomic E-state index is 12.7. The number of alkyl halides is 3. The van der Waals surface area contributed by atoms with Crippen molar-refractivity contribution in [1.82, 2.24) is 0 Å². The monoisotopic (exact) mass is 379 g/mol. The molecule has 27 heavy (non-hydrogen) atoms. The lowest BCUT2D eigenvalue weighted by molar-refractivity contribution is -0.137. The smallest absolute Gasteiger partial charge is 0.416 e. The molecule has 142 valence electrons. The first-order chi connectivity index (χ1) is 12.6. The van der Waals surface area contributed by atoms with Crippen molar-refractivity contribution in [2.75, 3.05) is 5.32 Å². The molecular formula is C19H16F3NO4. The number of amides is 1. The number of Topliss-reactive ketones (excluding diaryl/α,β-unsaturated/α-hetero) is 1. The maximum absolute atomic E-state index is 12.7. The van der Waals surface area contributed by atoms with Gasteiger partial charge < -0.3 is 10.1 Å². The van der Waals surface area contributed by atoms with Gasteiger partial charge in [-0.15, -0.1) is 0 Å². The first-order valence-corrected chi connectivity index (χ1v) is 7.88. The minimum atomic E-state index is -4.59. The average molecular weight is 379 g/mol. The van der Waals surface area contributed by atoms with Crippen LogP contribution in [0.3, 0.4) is 0 Å². The Bertz CT molecular complexity index is 860. The predicted octanol–water partition coefficient (Wildman–Crippen LogP) is 4.09. The third-order valence-corrected chi connectivity index (χ3v) is 3.64. The van der Waals surface area contributed by atoms with E-state index in [2.05, 4.69) is 5.32 Å². The summed E-state index contributed by atoms with van der Waals surface area (Å²) < 4.78 is 43.0. The molecular weight excluding hydrogens is 363 g/mol. The van der Waals surface area contributed by atoms with Crippen LogP contribution in [0, 0.1) is 0 Å². The molecule has 0 radical (unpaired) electrons. The van der Waals surface area contributed by atoms with Crippen LogP contribution in [-0.2, 0) is 15.7 Å². The largest absolute Gasteiger partial charge is 0.449 e. The van der Waals surface area contributed by atoms with Gasteiger partial charge in [0, 0.05) is 11.3 Å². The van der Waals surface area contributed by atoms with E-state index in [4.69, 9.17) is 4.74 Å². The highest BCUT2D eigenvalue weighted by Gasteiger charge is 2.31. The lowest BCUT2D eigenvalue weighted by Gasteiger charge is -2.14. The van der Waals surface area contributed by atoms with Crippen molar-refractivity contribution >= 4 is 23.3 Å². The van der Waals surface area contributed by atoms with Gasteiger partial charge in [-0.05, 0) is 56.3 Å². The lowest BCUT2D eigenvalue weighted by atomic mass is 10.1. The molecule has 0 fully saturated rings. The van der Waals surface area contributed by atoms with E-state index in [9.17, 15) is 27.6 Å². The van der Waals surface area contributed by atoms with Gasteiger partial charge in [0.15, 0.2) is 11.9 Å². The molecule has 1 N–H and O–H groups in total. The molecule has 0 aliphatic heterocycles. The van der Waals surface area contributed by atoms with Gasteiger partial charge >= 0.3 is 12.1 Å². The summed E-state index contributed by atoms with van der Waals surface area (Å²) in [5.41, 5.74) is -0.445. The number of carbonyl (C=O) groups is 3. The topological polar surface area (TPSA) is 72.5 Å². The first-order valence-electron chi connectivity index (χ1n) is 7.88. The third-order valence-electron chi connectivity index (χ3n) is 3.64. The van der Waals surface area contributed by atoms with E-state index in [1.807, 2.05) is 0 Å². The maximum Gasteiger partial charge on any atom is 0.416 e. The Hall–Kier alpha value is -3.16. The van der Waals surface area contributed by atoms with Crippen molar-refractivity contribution in [3.8, 4) is 0 Å². The summed E-state index contributed by atoms with van der Waals surface area (Å²) in [6, 6.07) is 9.81. The molecule has 1 atom stereocenters. The zero-order chi connectivity index (χ0) is 20.2. The number of halogens is 3. The highest BCUT2D eigenvalue weighted by Crippen LogP contribution is 2.29. The van der Waals surface area contributed by atoms with Crippen LogP contribution in [0.4, 0.5) is 18.9 Å². The summed E-state index contributed by atoms with van der Waals surface area (Å²) in [5.74, 6) is -1.84. The average Bonchev–Trinajstić information content (AvgIpc) is 2.61. The Morgan fingerprint density at radius 1 is 1.00 bits per heavy atom. The Labute approximate surface area is 153 Å². The minimum absolute atomic E-state index is 0.128. The molecule has 8 heteroatoms. The van der Waals surface area contributed by atoms with Gasteiger partial charge in [0.05, 0.1) is 11.1 Å². The number of rotatable bonds is 5.